The number of methoxy groups -OCH3 is 1. The zero-order chi connectivity index (χ0) is 15.6. The summed E-state index contributed by atoms with van der Waals surface area (Å²) in [6.07, 6.45) is 0. The van der Waals surface area contributed by atoms with Gasteiger partial charge in [0.25, 0.3) is 10.0 Å². The molecule has 0 aliphatic heterocycles. The average molecular weight is 370 g/mol. The van der Waals surface area contributed by atoms with Crippen molar-refractivity contribution in [3.8, 4) is 5.75 Å². The van der Waals surface area contributed by atoms with E-state index in [9.17, 15) is 8.42 Å². The fraction of sp³-hybridized carbons (Fsp3) is 0.200. The standard InChI is InChI=1S/C15H16BrNO3S/c1-11-10-14(8-9-15(11)20-3)21(18,19)17(2)13-6-4-12(16)5-7-13/h4-10H,1-3H3. The van der Waals surface area contributed by atoms with Crippen molar-refractivity contribution in [3.05, 3.63) is 52.5 Å². The van der Waals surface area contributed by atoms with Crippen LogP contribution in [-0.2, 0) is 10.0 Å². The Morgan fingerprint density at radius 3 is 2.24 bits per heavy atom. The number of halogens is 1. The summed E-state index contributed by atoms with van der Waals surface area (Å²) in [7, 11) is -0.490. The zero-order valence-corrected chi connectivity index (χ0v) is 14.4. The summed E-state index contributed by atoms with van der Waals surface area (Å²) in [4.78, 5) is 0.242. The van der Waals surface area contributed by atoms with E-state index in [0.29, 0.717) is 11.4 Å². The van der Waals surface area contributed by atoms with Crippen LogP contribution < -0.4 is 9.04 Å². The Balaban J connectivity index is 2.41. The molecule has 0 fully saturated rings. The second-order valence-corrected chi connectivity index (χ2v) is 7.47. The Morgan fingerprint density at radius 2 is 1.71 bits per heavy atom. The lowest BCUT2D eigenvalue weighted by Crippen LogP contribution is -2.26. The summed E-state index contributed by atoms with van der Waals surface area (Å²) in [5.41, 5.74) is 1.38. The van der Waals surface area contributed by atoms with Crippen LogP contribution in [-0.4, -0.2) is 22.6 Å². The molecule has 0 atom stereocenters. The molecule has 2 aromatic carbocycles. The van der Waals surface area contributed by atoms with Crippen LogP contribution in [0.15, 0.2) is 51.8 Å². The second-order valence-electron chi connectivity index (χ2n) is 4.58. The van der Waals surface area contributed by atoms with E-state index < -0.39 is 10.0 Å². The van der Waals surface area contributed by atoms with Gasteiger partial charge in [-0.1, -0.05) is 15.9 Å². The summed E-state index contributed by atoms with van der Waals surface area (Å²) >= 11 is 3.33. The first kappa shape index (κ1) is 15.9. The first-order valence-corrected chi connectivity index (χ1v) is 8.48. The van der Waals surface area contributed by atoms with Crippen LogP contribution in [0.1, 0.15) is 5.56 Å². The number of benzene rings is 2. The quantitative estimate of drug-likeness (QED) is 0.826. The minimum absolute atomic E-state index is 0.242. The molecule has 0 N–H and O–H groups in total. The highest BCUT2D eigenvalue weighted by Gasteiger charge is 2.22. The monoisotopic (exact) mass is 369 g/mol. The lowest BCUT2D eigenvalue weighted by Gasteiger charge is -2.20. The van der Waals surface area contributed by atoms with Crippen LogP contribution in [0.25, 0.3) is 0 Å². The van der Waals surface area contributed by atoms with Gasteiger partial charge in [0.05, 0.1) is 17.7 Å². The van der Waals surface area contributed by atoms with Crippen molar-refractivity contribution >= 4 is 31.6 Å². The number of sulfonamides is 1. The van der Waals surface area contributed by atoms with Crippen molar-refractivity contribution in [2.45, 2.75) is 11.8 Å². The fourth-order valence-corrected chi connectivity index (χ4v) is 3.50. The molecule has 0 aliphatic carbocycles. The van der Waals surface area contributed by atoms with Crippen molar-refractivity contribution in [1.29, 1.82) is 0 Å². The van der Waals surface area contributed by atoms with Gasteiger partial charge in [-0.25, -0.2) is 8.42 Å². The molecule has 0 amide bonds. The Kier molecular flexibility index (Phi) is 4.58. The van der Waals surface area contributed by atoms with Gasteiger partial charge in [-0.3, -0.25) is 4.31 Å². The molecular formula is C15H16BrNO3S. The maximum Gasteiger partial charge on any atom is 0.264 e. The van der Waals surface area contributed by atoms with E-state index in [2.05, 4.69) is 15.9 Å². The molecule has 4 nitrogen and oxygen atoms in total. The lowest BCUT2D eigenvalue weighted by atomic mass is 10.2. The fourth-order valence-electron chi connectivity index (χ4n) is 1.96. The van der Waals surface area contributed by atoms with Crippen LogP contribution in [0.5, 0.6) is 5.75 Å². The van der Waals surface area contributed by atoms with Gasteiger partial charge in [0.1, 0.15) is 5.75 Å². The number of nitrogens with zero attached hydrogens (tertiary/aromatic N) is 1. The molecule has 0 saturated heterocycles. The van der Waals surface area contributed by atoms with Crippen molar-refractivity contribution in [2.75, 3.05) is 18.5 Å². The van der Waals surface area contributed by atoms with E-state index in [4.69, 9.17) is 4.74 Å². The Morgan fingerprint density at radius 1 is 1.10 bits per heavy atom. The molecule has 0 heterocycles. The maximum absolute atomic E-state index is 12.6. The SMILES string of the molecule is COc1ccc(S(=O)(=O)N(C)c2ccc(Br)cc2)cc1C. The number of hydrogen-bond acceptors (Lipinski definition) is 3. The highest BCUT2D eigenvalue weighted by atomic mass is 79.9. The topological polar surface area (TPSA) is 46.6 Å². The van der Waals surface area contributed by atoms with Gasteiger partial charge in [-0.05, 0) is 55.0 Å². The van der Waals surface area contributed by atoms with Gasteiger partial charge in [-0.2, -0.15) is 0 Å². The Labute approximate surface area is 133 Å². The summed E-state index contributed by atoms with van der Waals surface area (Å²) in [6, 6.07) is 11.9. The molecule has 0 unspecified atom stereocenters. The van der Waals surface area contributed by atoms with E-state index in [0.717, 1.165) is 10.0 Å². The van der Waals surface area contributed by atoms with Crippen LogP contribution >= 0.6 is 15.9 Å². The Hall–Kier alpha value is -1.53. The number of anilines is 1. The predicted octanol–water partition coefficient (Wildman–Crippen LogP) is 3.59. The number of aryl methyl sites for hydroxylation is 1. The molecule has 6 heteroatoms. The first-order valence-electron chi connectivity index (χ1n) is 6.25. The molecule has 0 spiro atoms. The highest BCUT2D eigenvalue weighted by molar-refractivity contribution is 9.10. The van der Waals surface area contributed by atoms with Gasteiger partial charge in [0.15, 0.2) is 0 Å². The third kappa shape index (κ3) is 3.22. The summed E-state index contributed by atoms with van der Waals surface area (Å²) in [6.45, 7) is 1.82. The van der Waals surface area contributed by atoms with Crippen molar-refractivity contribution in [1.82, 2.24) is 0 Å². The van der Waals surface area contributed by atoms with E-state index >= 15 is 0 Å². The van der Waals surface area contributed by atoms with Crippen molar-refractivity contribution < 1.29 is 13.2 Å². The molecule has 2 aromatic rings. The van der Waals surface area contributed by atoms with Crippen LogP contribution in [0.3, 0.4) is 0 Å². The molecule has 0 aliphatic rings. The number of rotatable bonds is 4. The molecule has 0 radical (unpaired) electrons. The van der Waals surface area contributed by atoms with Crippen molar-refractivity contribution in [2.24, 2.45) is 0 Å². The average Bonchev–Trinajstić information content (AvgIpc) is 2.47. The summed E-state index contributed by atoms with van der Waals surface area (Å²) in [5, 5.41) is 0. The van der Waals surface area contributed by atoms with Gasteiger partial charge in [-0.15, -0.1) is 0 Å². The molecular weight excluding hydrogens is 354 g/mol. The predicted molar refractivity (Wildman–Crippen MR) is 87.5 cm³/mol. The first-order chi connectivity index (χ1) is 9.86. The largest absolute Gasteiger partial charge is 0.496 e. The third-order valence-corrected chi connectivity index (χ3v) is 5.53. The molecule has 0 bridgehead atoms. The molecule has 2 rings (SSSR count). The van der Waals surface area contributed by atoms with Gasteiger partial charge in [0.2, 0.25) is 0 Å². The number of hydrogen-bond donors (Lipinski definition) is 0. The highest BCUT2D eigenvalue weighted by Crippen LogP contribution is 2.26. The van der Waals surface area contributed by atoms with E-state index in [-0.39, 0.29) is 4.90 Å². The van der Waals surface area contributed by atoms with Crippen molar-refractivity contribution in [3.63, 3.8) is 0 Å². The third-order valence-electron chi connectivity index (χ3n) is 3.21. The summed E-state index contributed by atoms with van der Waals surface area (Å²) < 4.78 is 32.6. The molecule has 21 heavy (non-hydrogen) atoms. The van der Waals surface area contributed by atoms with E-state index in [1.54, 1.807) is 49.6 Å². The molecule has 112 valence electrons. The van der Waals surface area contributed by atoms with E-state index in [1.807, 2.05) is 6.92 Å². The van der Waals surface area contributed by atoms with E-state index in [1.165, 1.54) is 11.4 Å². The van der Waals surface area contributed by atoms with Gasteiger partial charge >= 0.3 is 0 Å². The maximum atomic E-state index is 12.6. The smallest absolute Gasteiger partial charge is 0.264 e. The minimum Gasteiger partial charge on any atom is -0.496 e. The minimum atomic E-state index is -3.59. The van der Waals surface area contributed by atoms with Crippen LogP contribution in [0.2, 0.25) is 0 Å². The number of ether oxygens (including phenoxy) is 1. The second kappa shape index (κ2) is 6.07. The lowest BCUT2D eigenvalue weighted by molar-refractivity contribution is 0.411. The zero-order valence-electron chi connectivity index (χ0n) is 12.0. The van der Waals surface area contributed by atoms with Gasteiger partial charge < -0.3 is 4.74 Å². The van der Waals surface area contributed by atoms with Crippen LogP contribution in [0, 0.1) is 6.92 Å². The molecule has 0 aromatic heterocycles. The summed E-state index contributed by atoms with van der Waals surface area (Å²) in [5.74, 6) is 0.667. The molecule has 0 saturated carbocycles. The van der Waals surface area contributed by atoms with Gasteiger partial charge in [0, 0.05) is 11.5 Å². The van der Waals surface area contributed by atoms with Crippen LogP contribution in [0.4, 0.5) is 5.69 Å². The normalized spacial score (nSPS) is 11.2. The Bertz CT molecular complexity index is 742.